The number of para-hydroxylation sites is 1. The van der Waals surface area contributed by atoms with Gasteiger partial charge in [0.25, 0.3) is 0 Å². The molecular formula is C28H18N3+. The molecule has 31 heavy (non-hydrogen) atoms. The maximum Gasteiger partial charge on any atom is 0.224 e. The van der Waals surface area contributed by atoms with Crippen molar-refractivity contribution in [2.24, 2.45) is 7.05 Å². The molecule has 7 rings (SSSR count). The highest BCUT2D eigenvalue weighted by Crippen LogP contribution is 2.42. The predicted octanol–water partition coefficient (Wildman–Crippen LogP) is 6.15. The molecule has 0 amide bonds. The van der Waals surface area contributed by atoms with Gasteiger partial charge in [-0.15, -0.1) is 0 Å². The molecule has 3 heteroatoms. The molecule has 0 bridgehead atoms. The maximum atomic E-state index is 9.96. The van der Waals surface area contributed by atoms with E-state index in [1.165, 1.54) is 48.9 Å². The van der Waals surface area contributed by atoms with Gasteiger partial charge in [0.05, 0.1) is 32.9 Å². The topological polar surface area (TPSA) is 32.1 Å². The summed E-state index contributed by atoms with van der Waals surface area (Å²) in [6.07, 6.45) is 2.15. The fraction of sp³-hybridized carbons (Fsp3) is 0.0714. The highest BCUT2D eigenvalue weighted by atomic mass is 15.0. The first-order valence-electron chi connectivity index (χ1n) is 10.5. The summed E-state index contributed by atoms with van der Waals surface area (Å²) < 4.78 is 4.59. The highest BCUT2D eigenvalue weighted by Gasteiger charge is 2.25. The molecule has 0 unspecified atom stereocenters. The molecule has 0 aliphatic heterocycles. The summed E-state index contributed by atoms with van der Waals surface area (Å²) in [5, 5.41) is 18.5. The molecule has 144 valence electrons. The Morgan fingerprint density at radius 2 is 1.61 bits per heavy atom. The zero-order chi connectivity index (χ0) is 20.9. The van der Waals surface area contributed by atoms with E-state index in [4.69, 9.17) is 0 Å². The number of hydrogen-bond acceptors (Lipinski definition) is 1. The van der Waals surface area contributed by atoms with Crippen LogP contribution in [0.1, 0.15) is 11.1 Å². The van der Waals surface area contributed by atoms with Crippen LogP contribution in [0.3, 0.4) is 0 Å². The second kappa shape index (κ2) is 5.50. The van der Waals surface area contributed by atoms with Crippen molar-refractivity contribution in [2.45, 2.75) is 6.92 Å². The monoisotopic (exact) mass is 396 g/mol. The maximum absolute atomic E-state index is 9.96. The molecule has 0 fully saturated rings. The van der Waals surface area contributed by atoms with Gasteiger partial charge in [-0.1, -0.05) is 48.5 Å². The SMILES string of the molecule is Cc1c2ccccc2cc2c1c1c3c(ccc4c5cccc(C#N)c5n2c43)cc[n+]1C. The number of rotatable bonds is 0. The highest BCUT2D eigenvalue weighted by molar-refractivity contribution is 6.28. The summed E-state index contributed by atoms with van der Waals surface area (Å²) >= 11 is 0. The van der Waals surface area contributed by atoms with Gasteiger partial charge in [0.1, 0.15) is 13.1 Å². The van der Waals surface area contributed by atoms with E-state index in [0.29, 0.717) is 5.56 Å². The van der Waals surface area contributed by atoms with Crippen LogP contribution in [0.25, 0.3) is 59.8 Å². The molecule has 0 aliphatic rings. The Morgan fingerprint density at radius 1 is 0.806 bits per heavy atom. The lowest BCUT2D eigenvalue weighted by molar-refractivity contribution is -0.643. The number of benzene rings is 4. The van der Waals surface area contributed by atoms with E-state index in [2.05, 4.69) is 89.8 Å². The average molecular weight is 396 g/mol. The van der Waals surface area contributed by atoms with Crippen LogP contribution in [0.2, 0.25) is 0 Å². The Balaban J connectivity index is 2.00. The summed E-state index contributed by atoms with van der Waals surface area (Å²) in [5.74, 6) is 0. The number of pyridine rings is 2. The number of aryl methyl sites for hydroxylation is 2. The minimum absolute atomic E-state index is 0.711. The minimum atomic E-state index is 0.711. The van der Waals surface area contributed by atoms with Crippen LogP contribution >= 0.6 is 0 Å². The van der Waals surface area contributed by atoms with Gasteiger partial charge in [-0.2, -0.15) is 5.26 Å². The zero-order valence-corrected chi connectivity index (χ0v) is 17.3. The summed E-state index contributed by atoms with van der Waals surface area (Å²) in [4.78, 5) is 0. The summed E-state index contributed by atoms with van der Waals surface area (Å²) in [6.45, 7) is 2.22. The summed E-state index contributed by atoms with van der Waals surface area (Å²) in [6, 6.07) is 26.0. The van der Waals surface area contributed by atoms with Crippen molar-refractivity contribution in [1.82, 2.24) is 4.40 Å². The molecule has 0 aliphatic carbocycles. The van der Waals surface area contributed by atoms with E-state index < -0.39 is 0 Å². The molecule has 3 aromatic heterocycles. The molecule has 0 radical (unpaired) electrons. The Kier molecular flexibility index (Phi) is 2.95. The normalized spacial score (nSPS) is 12.2. The van der Waals surface area contributed by atoms with Crippen molar-refractivity contribution in [3.05, 3.63) is 84.1 Å². The van der Waals surface area contributed by atoms with E-state index in [1.807, 2.05) is 12.1 Å². The minimum Gasteiger partial charge on any atom is -0.306 e. The van der Waals surface area contributed by atoms with Crippen LogP contribution in [0, 0.1) is 18.3 Å². The van der Waals surface area contributed by atoms with E-state index in [-0.39, 0.29) is 0 Å². The molecule has 0 saturated heterocycles. The second-order valence-electron chi connectivity index (χ2n) is 8.47. The molecule has 0 N–H and O–H groups in total. The smallest absolute Gasteiger partial charge is 0.224 e. The molecule has 3 nitrogen and oxygen atoms in total. The third kappa shape index (κ3) is 1.86. The van der Waals surface area contributed by atoms with Crippen molar-refractivity contribution in [1.29, 1.82) is 5.26 Å². The third-order valence-electron chi connectivity index (χ3n) is 6.94. The van der Waals surface area contributed by atoms with Gasteiger partial charge in [0.2, 0.25) is 5.52 Å². The predicted molar refractivity (Wildman–Crippen MR) is 127 cm³/mol. The molecule has 3 heterocycles. The van der Waals surface area contributed by atoms with Crippen molar-refractivity contribution in [3.63, 3.8) is 0 Å². The van der Waals surface area contributed by atoms with E-state index >= 15 is 0 Å². The number of hydrogen-bond donors (Lipinski definition) is 0. The van der Waals surface area contributed by atoms with E-state index in [9.17, 15) is 5.26 Å². The lowest BCUT2D eigenvalue weighted by Gasteiger charge is -2.14. The van der Waals surface area contributed by atoms with Crippen LogP contribution in [-0.4, -0.2) is 4.40 Å². The standard InChI is InChI=1S/C28H18N3/c1-16-20-8-4-3-6-18(20)14-23-24(16)28-25-17(12-13-30(28)2)10-11-22-21-9-5-7-19(15-29)26(21)31(23)27(22)25/h3-14H,1-2H3/q+1. The van der Waals surface area contributed by atoms with Crippen LogP contribution in [0.15, 0.2) is 72.9 Å². The van der Waals surface area contributed by atoms with Crippen molar-refractivity contribution >= 4 is 59.8 Å². The van der Waals surface area contributed by atoms with Crippen LogP contribution < -0.4 is 4.57 Å². The van der Waals surface area contributed by atoms with Crippen LogP contribution in [0.4, 0.5) is 0 Å². The van der Waals surface area contributed by atoms with Gasteiger partial charge in [0, 0.05) is 16.8 Å². The molecule has 0 atom stereocenters. The Labute approximate surface area is 178 Å². The third-order valence-corrected chi connectivity index (χ3v) is 6.94. The van der Waals surface area contributed by atoms with Crippen LogP contribution in [0.5, 0.6) is 0 Å². The van der Waals surface area contributed by atoms with Crippen molar-refractivity contribution in [3.8, 4) is 6.07 Å². The summed E-state index contributed by atoms with van der Waals surface area (Å²) in [7, 11) is 2.13. The van der Waals surface area contributed by atoms with Crippen molar-refractivity contribution in [2.75, 3.05) is 0 Å². The van der Waals surface area contributed by atoms with Gasteiger partial charge < -0.3 is 4.40 Å². The van der Waals surface area contributed by atoms with Gasteiger partial charge >= 0.3 is 0 Å². The number of nitrogens with zero attached hydrogens (tertiary/aromatic N) is 3. The lowest BCUT2D eigenvalue weighted by atomic mass is 9.96. The van der Waals surface area contributed by atoms with Gasteiger partial charge in [-0.3, -0.25) is 0 Å². The Bertz CT molecular complexity index is 1920. The molecule has 7 aromatic rings. The summed E-state index contributed by atoms with van der Waals surface area (Å²) in [5.41, 5.74) is 6.58. The fourth-order valence-corrected chi connectivity index (χ4v) is 5.62. The molecule has 0 saturated carbocycles. The van der Waals surface area contributed by atoms with E-state index in [1.54, 1.807) is 0 Å². The molecule has 4 aromatic carbocycles. The number of nitriles is 1. The average Bonchev–Trinajstić information content (AvgIpc) is 3.15. The van der Waals surface area contributed by atoms with Gasteiger partial charge in [-0.05, 0) is 40.8 Å². The van der Waals surface area contributed by atoms with Gasteiger partial charge in [0.15, 0.2) is 6.20 Å². The molecule has 0 spiro atoms. The van der Waals surface area contributed by atoms with E-state index in [0.717, 1.165) is 16.4 Å². The van der Waals surface area contributed by atoms with Crippen molar-refractivity contribution < 1.29 is 4.57 Å². The number of aromatic nitrogens is 2. The second-order valence-corrected chi connectivity index (χ2v) is 8.47. The van der Waals surface area contributed by atoms with Gasteiger partial charge in [-0.25, -0.2) is 4.57 Å². The fourth-order valence-electron chi connectivity index (χ4n) is 5.62. The number of fused-ring (bicyclic) bond motifs is 7. The Hall–Kier alpha value is -4.16. The zero-order valence-electron chi connectivity index (χ0n) is 17.3. The first kappa shape index (κ1) is 16.6. The lowest BCUT2D eigenvalue weighted by Crippen LogP contribution is -2.28. The first-order chi connectivity index (χ1) is 15.2. The molecular weight excluding hydrogens is 378 g/mol. The van der Waals surface area contributed by atoms with Crippen LogP contribution in [-0.2, 0) is 7.05 Å². The Morgan fingerprint density at radius 3 is 2.48 bits per heavy atom. The first-order valence-corrected chi connectivity index (χ1v) is 10.5. The quantitative estimate of drug-likeness (QED) is 0.172. The largest absolute Gasteiger partial charge is 0.306 e.